The molecule has 0 N–H and O–H groups in total. The zero-order chi connectivity index (χ0) is 18.7. The van der Waals surface area contributed by atoms with Crippen LogP contribution in [0.25, 0.3) is 11.1 Å². The lowest BCUT2D eigenvalue weighted by Crippen LogP contribution is -2.24. The average molecular weight is 360 g/mol. The Labute approximate surface area is 148 Å². The first kappa shape index (κ1) is 17.7. The van der Waals surface area contributed by atoms with Crippen molar-refractivity contribution in [2.24, 2.45) is 0 Å². The van der Waals surface area contributed by atoms with Crippen molar-refractivity contribution in [3.05, 3.63) is 58.1 Å². The second-order valence-electron chi connectivity index (χ2n) is 5.46. The molecule has 3 rings (SSSR count). The van der Waals surface area contributed by atoms with Gasteiger partial charge in [0, 0.05) is 0 Å². The van der Waals surface area contributed by atoms with Gasteiger partial charge in [0.15, 0.2) is 11.6 Å². The van der Waals surface area contributed by atoms with Crippen LogP contribution in [0, 0.1) is 12.7 Å². The monoisotopic (exact) mass is 360 g/mol. The second-order valence-corrected chi connectivity index (χ2v) is 5.46. The van der Waals surface area contributed by atoms with Crippen LogP contribution in [0.15, 0.2) is 39.8 Å². The van der Waals surface area contributed by atoms with Crippen molar-refractivity contribution in [2.45, 2.75) is 20.4 Å². The molecule has 0 saturated carbocycles. The zero-order valence-electron chi connectivity index (χ0n) is 14.3. The first-order valence-corrected chi connectivity index (χ1v) is 8.06. The number of fused-ring (bicyclic) bond motifs is 1. The highest BCUT2D eigenvalue weighted by Crippen LogP contribution is 2.21. The average Bonchev–Trinajstić information content (AvgIpc) is 2.95. The van der Waals surface area contributed by atoms with Crippen molar-refractivity contribution in [2.75, 3.05) is 13.2 Å². The maximum Gasteiger partial charge on any atom is 0.342 e. The summed E-state index contributed by atoms with van der Waals surface area (Å²) < 4.78 is 30.5. The summed E-state index contributed by atoms with van der Waals surface area (Å²) in [4.78, 5) is 28.9. The van der Waals surface area contributed by atoms with E-state index in [-0.39, 0.29) is 47.9 Å². The summed E-state index contributed by atoms with van der Waals surface area (Å²) in [6.45, 7) is 3.60. The summed E-state index contributed by atoms with van der Waals surface area (Å²) in [5, 5.41) is 0.0642. The molecule has 3 aromatic rings. The van der Waals surface area contributed by atoms with E-state index >= 15 is 0 Å². The summed E-state index contributed by atoms with van der Waals surface area (Å²) in [7, 11) is 0. The molecule has 0 radical (unpaired) electrons. The largest absolute Gasteiger partial charge is 0.489 e. The van der Waals surface area contributed by atoms with Crippen LogP contribution in [0.5, 0.6) is 5.75 Å². The quantitative estimate of drug-likeness (QED) is 0.629. The molecule has 8 heteroatoms. The molecule has 0 unspecified atom stereocenters. The molecule has 0 saturated heterocycles. The Morgan fingerprint density at radius 2 is 2.12 bits per heavy atom. The summed E-state index contributed by atoms with van der Waals surface area (Å²) in [6, 6.07) is 5.99. The second kappa shape index (κ2) is 7.38. The third-order valence-corrected chi connectivity index (χ3v) is 3.76. The van der Waals surface area contributed by atoms with Crippen LogP contribution in [0.4, 0.5) is 4.39 Å². The van der Waals surface area contributed by atoms with Crippen molar-refractivity contribution < 1.29 is 23.1 Å². The van der Waals surface area contributed by atoms with E-state index in [9.17, 15) is 14.0 Å². The van der Waals surface area contributed by atoms with Crippen molar-refractivity contribution in [1.29, 1.82) is 0 Å². The van der Waals surface area contributed by atoms with Gasteiger partial charge in [-0.3, -0.25) is 9.36 Å². The lowest BCUT2D eigenvalue weighted by molar-refractivity contribution is 0.0526. The number of carbonyl (C=O) groups is 1. The van der Waals surface area contributed by atoms with Gasteiger partial charge in [-0.25, -0.2) is 14.2 Å². The Kier molecular flexibility index (Phi) is 5.01. The first-order valence-electron chi connectivity index (χ1n) is 8.06. The van der Waals surface area contributed by atoms with Gasteiger partial charge in [-0.2, -0.15) is 0 Å². The molecule has 7 nitrogen and oxygen atoms in total. The lowest BCUT2D eigenvalue weighted by Gasteiger charge is -2.08. The molecule has 26 heavy (non-hydrogen) atoms. The highest BCUT2D eigenvalue weighted by molar-refractivity contribution is 6.03. The summed E-state index contributed by atoms with van der Waals surface area (Å²) in [5.74, 6) is -0.754. The maximum atomic E-state index is 13.6. The van der Waals surface area contributed by atoms with E-state index in [1.807, 2.05) is 0 Å². The number of ether oxygens (including phenoxy) is 2. The van der Waals surface area contributed by atoms with E-state index in [1.165, 1.54) is 23.0 Å². The molecule has 136 valence electrons. The fourth-order valence-electron chi connectivity index (χ4n) is 2.56. The number of esters is 1. The van der Waals surface area contributed by atoms with Gasteiger partial charge in [0.2, 0.25) is 5.71 Å². The van der Waals surface area contributed by atoms with Crippen LogP contribution in [0.2, 0.25) is 0 Å². The molecule has 0 aliphatic rings. The third-order valence-electron chi connectivity index (χ3n) is 3.76. The number of hydrogen-bond donors (Lipinski definition) is 0. The van der Waals surface area contributed by atoms with Gasteiger partial charge < -0.3 is 13.9 Å². The summed E-state index contributed by atoms with van der Waals surface area (Å²) in [5.41, 5.74) is -0.308. The first-order chi connectivity index (χ1) is 12.5. The number of rotatable bonds is 6. The van der Waals surface area contributed by atoms with Crippen LogP contribution in [-0.2, 0) is 11.3 Å². The van der Waals surface area contributed by atoms with Gasteiger partial charge in [0.1, 0.15) is 29.6 Å². The van der Waals surface area contributed by atoms with E-state index in [4.69, 9.17) is 13.9 Å². The van der Waals surface area contributed by atoms with Gasteiger partial charge >= 0.3 is 5.97 Å². The normalized spacial score (nSPS) is 10.9. The number of hydrogen-bond acceptors (Lipinski definition) is 6. The smallest absolute Gasteiger partial charge is 0.342 e. The molecule has 1 aromatic carbocycles. The van der Waals surface area contributed by atoms with Crippen LogP contribution < -0.4 is 10.3 Å². The van der Waals surface area contributed by atoms with Crippen LogP contribution >= 0.6 is 0 Å². The van der Waals surface area contributed by atoms with Gasteiger partial charge in [-0.05, 0) is 26.0 Å². The molecule has 0 bridgehead atoms. The number of carbonyl (C=O) groups excluding carboxylic acids is 1. The van der Waals surface area contributed by atoms with Gasteiger partial charge in [-0.15, -0.1) is 0 Å². The minimum absolute atomic E-state index is 0.0552. The van der Waals surface area contributed by atoms with E-state index in [0.717, 1.165) is 0 Å². The number of benzene rings is 1. The Morgan fingerprint density at radius 1 is 1.35 bits per heavy atom. The zero-order valence-corrected chi connectivity index (χ0v) is 14.3. The Hall–Kier alpha value is -3.16. The Balaban J connectivity index is 1.87. The predicted octanol–water partition coefficient (Wildman–Crippen LogP) is 2.69. The third kappa shape index (κ3) is 3.30. The van der Waals surface area contributed by atoms with Crippen molar-refractivity contribution in [3.63, 3.8) is 0 Å². The fraction of sp³-hybridized carbons (Fsp3) is 0.278. The molecular formula is C18H17FN2O5. The number of para-hydroxylation sites is 1. The Bertz CT molecular complexity index is 1010. The lowest BCUT2D eigenvalue weighted by atomic mass is 10.2. The molecule has 0 amide bonds. The topological polar surface area (TPSA) is 83.6 Å². The van der Waals surface area contributed by atoms with Gasteiger partial charge in [0.05, 0.1) is 13.2 Å². The van der Waals surface area contributed by atoms with E-state index in [0.29, 0.717) is 0 Å². The molecule has 0 fully saturated rings. The van der Waals surface area contributed by atoms with E-state index in [2.05, 4.69) is 4.98 Å². The SMILES string of the molecule is CCOC(=O)c1c(C)oc2ncn(CCOc3ccccc3F)c(=O)c12. The van der Waals surface area contributed by atoms with Crippen LogP contribution in [-0.4, -0.2) is 28.7 Å². The molecule has 0 aliphatic heterocycles. The van der Waals surface area contributed by atoms with E-state index in [1.54, 1.807) is 26.0 Å². The Morgan fingerprint density at radius 3 is 2.85 bits per heavy atom. The fourth-order valence-corrected chi connectivity index (χ4v) is 2.56. The maximum absolute atomic E-state index is 13.6. The number of halogens is 1. The number of furan rings is 1. The summed E-state index contributed by atoms with van der Waals surface area (Å²) >= 11 is 0. The van der Waals surface area contributed by atoms with Crippen LogP contribution in [0.3, 0.4) is 0 Å². The number of nitrogens with zero attached hydrogens (tertiary/aromatic N) is 2. The highest BCUT2D eigenvalue weighted by Gasteiger charge is 2.23. The molecule has 2 aromatic heterocycles. The molecule has 0 spiro atoms. The van der Waals surface area contributed by atoms with Crippen molar-refractivity contribution >= 4 is 17.1 Å². The van der Waals surface area contributed by atoms with Gasteiger partial charge in [-0.1, -0.05) is 12.1 Å². The molecule has 2 heterocycles. The molecule has 0 atom stereocenters. The van der Waals surface area contributed by atoms with E-state index < -0.39 is 17.3 Å². The number of aryl methyl sites for hydroxylation is 1. The number of aromatic nitrogens is 2. The van der Waals surface area contributed by atoms with Crippen molar-refractivity contribution in [1.82, 2.24) is 9.55 Å². The molecule has 0 aliphatic carbocycles. The summed E-state index contributed by atoms with van der Waals surface area (Å²) in [6.07, 6.45) is 1.30. The van der Waals surface area contributed by atoms with Gasteiger partial charge in [0.25, 0.3) is 5.56 Å². The minimum Gasteiger partial charge on any atom is -0.489 e. The molecular weight excluding hydrogens is 343 g/mol. The minimum atomic E-state index is -0.636. The van der Waals surface area contributed by atoms with Crippen molar-refractivity contribution in [3.8, 4) is 5.75 Å². The predicted molar refractivity (Wildman–Crippen MR) is 90.9 cm³/mol. The standard InChI is InChI=1S/C18H17FN2O5/c1-3-24-18(23)14-11(2)26-16-15(14)17(22)21(10-20-16)8-9-25-13-7-5-4-6-12(13)19/h4-7,10H,3,8-9H2,1-2H3. The highest BCUT2D eigenvalue weighted by atomic mass is 19.1. The van der Waals surface area contributed by atoms with Crippen LogP contribution in [0.1, 0.15) is 23.0 Å².